The lowest BCUT2D eigenvalue weighted by Gasteiger charge is -2.06. The standard InChI is InChI=1S/C17H13Cl2NO/c18-15-9-4-10-16(19)14(15)12-17(21)20-11-5-8-13-6-2-1-3-7-13/h1-4,6-7,9-10H,11-12H2,(H,20,21). The Bertz CT molecular complexity index is 667. The van der Waals surface area contributed by atoms with Gasteiger partial charge in [0.2, 0.25) is 5.91 Å². The van der Waals surface area contributed by atoms with E-state index < -0.39 is 0 Å². The number of halogens is 2. The zero-order valence-electron chi connectivity index (χ0n) is 11.2. The van der Waals surface area contributed by atoms with Crippen molar-refractivity contribution >= 4 is 29.1 Å². The fraction of sp³-hybridized carbons (Fsp3) is 0.118. The Labute approximate surface area is 134 Å². The molecule has 0 aliphatic heterocycles. The van der Waals surface area contributed by atoms with Gasteiger partial charge >= 0.3 is 0 Å². The van der Waals surface area contributed by atoms with Crippen LogP contribution >= 0.6 is 23.2 Å². The normalized spacial score (nSPS) is 9.62. The monoisotopic (exact) mass is 317 g/mol. The fourth-order valence-electron chi connectivity index (χ4n) is 1.73. The highest BCUT2D eigenvalue weighted by Crippen LogP contribution is 2.24. The maximum Gasteiger partial charge on any atom is 0.225 e. The molecule has 2 nitrogen and oxygen atoms in total. The molecule has 0 spiro atoms. The fourth-order valence-corrected chi connectivity index (χ4v) is 2.27. The van der Waals surface area contributed by atoms with E-state index in [0.717, 1.165) is 5.56 Å². The van der Waals surface area contributed by atoms with Crippen LogP contribution in [0.25, 0.3) is 0 Å². The van der Waals surface area contributed by atoms with Crippen molar-refractivity contribution in [3.05, 3.63) is 69.7 Å². The van der Waals surface area contributed by atoms with Crippen molar-refractivity contribution in [1.29, 1.82) is 0 Å². The van der Waals surface area contributed by atoms with Gasteiger partial charge in [-0.25, -0.2) is 0 Å². The molecule has 0 saturated carbocycles. The van der Waals surface area contributed by atoms with E-state index in [-0.39, 0.29) is 18.9 Å². The van der Waals surface area contributed by atoms with Gasteiger partial charge in [-0.3, -0.25) is 4.79 Å². The summed E-state index contributed by atoms with van der Waals surface area (Å²) in [6.07, 6.45) is 0.144. The van der Waals surface area contributed by atoms with Gasteiger partial charge in [0, 0.05) is 15.6 Å². The molecule has 0 aliphatic rings. The molecule has 0 heterocycles. The Hall–Kier alpha value is -1.95. The van der Waals surface area contributed by atoms with Crippen molar-refractivity contribution in [2.24, 2.45) is 0 Å². The van der Waals surface area contributed by atoms with Crippen molar-refractivity contribution in [2.75, 3.05) is 6.54 Å². The lowest BCUT2D eigenvalue weighted by atomic mass is 10.1. The molecule has 2 aromatic carbocycles. The van der Waals surface area contributed by atoms with Gasteiger partial charge in [-0.15, -0.1) is 0 Å². The predicted octanol–water partition coefficient (Wildman–Crippen LogP) is 3.70. The maximum atomic E-state index is 11.8. The number of carbonyl (C=O) groups excluding carboxylic acids is 1. The molecule has 106 valence electrons. The molecule has 0 aromatic heterocycles. The van der Waals surface area contributed by atoms with E-state index in [1.54, 1.807) is 18.2 Å². The number of hydrogen-bond acceptors (Lipinski definition) is 1. The zero-order chi connectivity index (χ0) is 15.1. The summed E-state index contributed by atoms with van der Waals surface area (Å²) in [4.78, 5) is 11.8. The van der Waals surface area contributed by atoms with Crippen LogP contribution in [0.4, 0.5) is 0 Å². The maximum absolute atomic E-state index is 11.8. The first-order valence-corrected chi connectivity index (χ1v) is 7.16. The van der Waals surface area contributed by atoms with E-state index in [1.807, 2.05) is 30.3 Å². The van der Waals surface area contributed by atoms with Gasteiger partial charge in [0.1, 0.15) is 0 Å². The second-order valence-electron chi connectivity index (χ2n) is 4.32. The van der Waals surface area contributed by atoms with Gasteiger partial charge in [0.05, 0.1) is 13.0 Å². The van der Waals surface area contributed by atoms with E-state index in [1.165, 1.54) is 0 Å². The minimum Gasteiger partial charge on any atom is -0.345 e. The molecule has 0 bridgehead atoms. The van der Waals surface area contributed by atoms with E-state index in [9.17, 15) is 4.79 Å². The second kappa shape index (κ2) is 7.73. The Morgan fingerprint density at radius 1 is 1.00 bits per heavy atom. The van der Waals surface area contributed by atoms with Crippen LogP contribution in [0.3, 0.4) is 0 Å². The predicted molar refractivity (Wildman–Crippen MR) is 86.5 cm³/mol. The summed E-state index contributed by atoms with van der Waals surface area (Å²) in [5, 5.41) is 3.71. The molecule has 0 aliphatic carbocycles. The average molecular weight is 318 g/mol. The largest absolute Gasteiger partial charge is 0.345 e. The summed E-state index contributed by atoms with van der Waals surface area (Å²) < 4.78 is 0. The summed E-state index contributed by atoms with van der Waals surface area (Å²) in [5.74, 6) is 5.71. The molecule has 2 rings (SSSR count). The molecule has 0 atom stereocenters. The first kappa shape index (κ1) is 15.4. The molecule has 0 radical (unpaired) electrons. The van der Waals surface area contributed by atoms with Crippen LogP contribution in [0.5, 0.6) is 0 Å². The molecular weight excluding hydrogens is 305 g/mol. The lowest BCUT2D eigenvalue weighted by molar-refractivity contribution is -0.120. The van der Waals surface area contributed by atoms with Crippen LogP contribution in [0.2, 0.25) is 10.0 Å². The Kier molecular flexibility index (Phi) is 5.68. The third-order valence-electron chi connectivity index (χ3n) is 2.78. The summed E-state index contributed by atoms with van der Waals surface area (Å²) in [6, 6.07) is 14.8. The van der Waals surface area contributed by atoms with Gasteiger partial charge in [0.25, 0.3) is 0 Å². The smallest absolute Gasteiger partial charge is 0.225 e. The van der Waals surface area contributed by atoms with Gasteiger partial charge in [-0.05, 0) is 29.8 Å². The van der Waals surface area contributed by atoms with Crippen LogP contribution < -0.4 is 5.32 Å². The highest BCUT2D eigenvalue weighted by atomic mass is 35.5. The molecule has 1 amide bonds. The minimum atomic E-state index is -0.160. The average Bonchev–Trinajstić information content (AvgIpc) is 2.49. The van der Waals surface area contributed by atoms with Crippen LogP contribution in [-0.4, -0.2) is 12.5 Å². The van der Waals surface area contributed by atoms with Crippen molar-refractivity contribution in [3.8, 4) is 11.8 Å². The first-order chi connectivity index (χ1) is 10.2. The molecule has 0 saturated heterocycles. The number of benzene rings is 2. The highest BCUT2D eigenvalue weighted by molar-refractivity contribution is 6.36. The van der Waals surface area contributed by atoms with Crippen LogP contribution in [-0.2, 0) is 11.2 Å². The SMILES string of the molecule is O=C(Cc1c(Cl)cccc1Cl)NCC#Cc1ccccc1. The van der Waals surface area contributed by atoms with E-state index >= 15 is 0 Å². The van der Waals surface area contributed by atoms with Crippen molar-refractivity contribution in [2.45, 2.75) is 6.42 Å². The van der Waals surface area contributed by atoms with Gasteiger partial charge in [-0.1, -0.05) is 59.3 Å². The van der Waals surface area contributed by atoms with E-state index in [2.05, 4.69) is 17.2 Å². The number of amides is 1. The molecule has 21 heavy (non-hydrogen) atoms. The van der Waals surface area contributed by atoms with Gasteiger partial charge in [0.15, 0.2) is 0 Å². The Morgan fingerprint density at radius 3 is 2.33 bits per heavy atom. The Balaban J connectivity index is 1.87. The van der Waals surface area contributed by atoms with Crippen molar-refractivity contribution in [3.63, 3.8) is 0 Å². The Morgan fingerprint density at radius 2 is 1.67 bits per heavy atom. The molecule has 2 aromatic rings. The molecule has 4 heteroatoms. The molecule has 0 fully saturated rings. The quantitative estimate of drug-likeness (QED) is 0.859. The van der Waals surface area contributed by atoms with Crippen molar-refractivity contribution < 1.29 is 4.79 Å². The number of hydrogen-bond donors (Lipinski definition) is 1. The number of rotatable bonds is 3. The second-order valence-corrected chi connectivity index (χ2v) is 5.14. The minimum absolute atomic E-state index is 0.144. The first-order valence-electron chi connectivity index (χ1n) is 6.40. The highest BCUT2D eigenvalue weighted by Gasteiger charge is 2.09. The third kappa shape index (κ3) is 4.82. The number of nitrogens with one attached hydrogen (secondary N) is 1. The van der Waals surface area contributed by atoms with Crippen LogP contribution in [0.15, 0.2) is 48.5 Å². The summed E-state index contributed by atoms with van der Waals surface area (Å²) in [7, 11) is 0. The topological polar surface area (TPSA) is 29.1 Å². The van der Waals surface area contributed by atoms with E-state index in [4.69, 9.17) is 23.2 Å². The summed E-state index contributed by atoms with van der Waals surface area (Å²) >= 11 is 12.0. The number of carbonyl (C=O) groups is 1. The van der Waals surface area contributed by atoms with E-state index in [0.29, 0.717) is 15.6 Å². The molecular formula is C17H13Cl2NO. The van der Waals surface area contributed by atoms with Crippen molar-refractivity contribution in [1.82, 2.24) is 5.32 Å². The molecule has 0 unspecified atom stereocenters. The van der Waals surface area contributed by atoms with Gasteiger partial charge in [-0.2, -0.15) is 0 Å². The summed E-state index contributed by atoms with van der Waals surface area (Å²) in [5.41, 5.74) is 1.55. The molecule has 1 N–H and O–H groups in total. The summed E-state index contributed by atoms with van der Waals surface area (Å²) in [6.45, 7) is 0.287. The lowest BCUT2D eigenvalue weighted by Crippen LogP contribution is -2.25. The van der Waals surface area contributed by atoms with Gasteiger partial charge < -0.3 is 5.32 Å². The van der Waals surface area contributed by atoms with Crippen LogP contribution in [0.1, 0.15) is 11.1 Å². The zero-order valence-corrected chi connectivity index (χ0v) is 12.7. The third-order valence-corrected chi connectivity index (χ3v) is 3.49. The van der Waals surface area contributed by atoms with Crippen LogP contribution in [0, 0.1) is 11.8 Å².